The molecule has 2 aromatic heterocycles. The second-order valence-electron chi connectivity index (χ2n) is 7.03. The number of nitrogens with zero attached hydrogens (tertiary/aromatic N) is 3. The van der Waals surface area contributed by atoms with Crippen LogP contribution in [0, 0.1) is 18.6 Å². The molecule has 4 rings (SSSR count). The van der Waals surface area contributed by atoms with E-state index in [1.165, 1.54) is 12.1 Å². The molecule has 0 radical (unpaired) electrons. The molecule has 29 heavy (non-hydrogen) atoms. The van der Waals surface area contributed by atoms with E-state index >= 15 is 0 Å². The number of anilines is 1. The van der Waals surface area contributed by atoms with Gasteiger partial charge in [0.2, 0.25) is 5.95 Å². The van der Waals surface area contributed by atoms with Gasteiger partial charge in [0.05, 0.1) is 11.8 Å². The van der Waals surface area contributed by atoms with E-state index in [1.54, 1.807) is 6.92 Å². The van der Waals surface area contributed by atoms with Gasteiger partial charge in [-0.2, -0.15) is 0 Å². The summed E-state index contributed by atoms with van der Waals surface area (Å²) in [5, 5.41) is 16.0. The largest absolute Gasteiger partial charge is 0.478 e. The van der Waals surface area contributed by atoms with E-state index in [2.05, 4.69) is 25.6 Å². The summed E-state index contributed by atoms with van der Waals surface area (Å²) in [5.74, 6) is -2.44. The van der Waals surface area contributed by atoms with Crippen LogP contribution in [0.25, 0.3) is 22.2 Å². The Morgan fingerprint density at radius 1 is 1.17 bits per heavy atom. The third-order valence-electron chi connectivity index (χ3n) is 4.92. The van der Waals surface area contributed by atoms with Crippen molar-refractivity contribution < 1.29 is 18.7 Å². The number of hydrogen-bond donors (Lipinski definition) is 3. The number of nitrogens with one attached hydrogen (secondary N) is 2. The molecule has 0 unspecified atom stereocenters. The maximum absolute atomic E-state index is 14.7. The number of aromatic carboxylic acids is 1. The first-order valence-corrected chi connectivity index (χ1v) is 9.26. The Morgan fingerprint density at radius 2 is 1.93 bits per heavy atom. The summed E-state index contributed by atoms with van der Waals surface area (Å²) < 4.78 is 29.2. The Balaban J connectivity index is 1.79. The SMILES string of the molecule is Cc1cc(C(=O)O)c2cc(-c3nc(NC4CCNCC4)ncc3F)cc(F)c2n1. The lowest BCUT2D eigenvalue weighted by molar-refractivity contribution is 0.0699. The maximum atomic E-state index is 14.7. The molecule has 0 saturated carbocycles. The summed E-state index contributed by atoms with van der Waals surface area (Å²) in [6.45, 7) is 3.32. The van der Waals surface area contributed by atoms with Crippen molar-refractivity contribution >= 4 is 22.8 Å². The minimum Gasteiger partial charge on any atom is -0.478 e. The standard InChI is InChI=1S/C20H19F2N5O2/c1-10-6-14(19(28)29)13-7-11(8-15(21)18(13)25-10)17-16(22)9-24-20(27-17)26-12-2-4-23-5-3-12/h6-9,12,23H,2-5H2,1H3,(H,28,29)(H,24,26,27). The molecule has 3 heterocycles. The molecule has 0 spiro atoms. The molecule has 1 aliphatic rings. The fourth-order valence-corrected chi connectivity index (χ4v) is 3.51. The molecule has 0 aliphatic carbocycles. The quantitative estimate of drug-likeness (QED) is 0.620. The predicted octanol–water partition coefficient (Wildman–Crippen LogP) is 3.14. The minimum atomic E-state index is -1.21. The molecule has 3 aromatic rings. The summed E-state index contributed by atoms with van der Waals surface area (Å²) in [7, 11) is 0. The summed E-state index contributed by atoms with van der Waals surface area (Å²) in [4.78, 5) is 23.9. The molecular weight excluding hydrogens is 380 g/mol. The molecule has 150 valence electrons. The van der Waals surface area contributed by atoms with Gasteiger partial charge in [0, 0.05) is 22.7 Å². The zero-order chi connectivity index (χ0) is 20.5. The third kappa shape index (κ3) is 3.86. The second kappa shape index (κ2) is 7.67. The third-order valence-corrected chi connectivity index (χ3v) is 4.92. The maximum Gasteiger partial charge on any atom is 0.336 e. The van der Waals surface area contributed by atoms with Crippen molar-refractivity contribution in [3.8, 4) is 11.3 Å². The number of halogens is 2. The van der Waals surface area contributed by atoms with Gasteiger partial charge in [0.25, 0.3) is 0 Å². The van der Waals surface area contributed by atoms with E-state index in [-0.39, 0.29) is 39.7 Å². The van der Waals surface area contributed by atoms with Crippen molar-refractivity contribution in [3.05, 3.63) is 47.3 Å². The number of fused-ring (bicyclic) bond motifs is 1. The first-order chi connectivity index (χ1) is 13.9. The van der Waals surface area contributed by atoms with Gasteiger partial charge in [-0.05, 0) is 51.1 Å². The number of carboxylic acid groups (broad SMARTS) is 1. The van der Waals surface area contributed by atoms with Crippen molar-refractivity contribution in [2.45, 2.75) is 25.8 Å². The lowest BCUT2D eigenvalue weighted by atomic mass is 10.0. The van der Waals surface area contributed by atoms with E-state index in [1.807, 2.05) is 0 Å². The number of carbonyl (C=O) groups is 1. The van der Waals surface area contributed by atoms with Crippen LogP contribution in [0.1, 0.15) is 28.9 Å². The van der Waals surface area contributed by atoms with Crippen molar-refractivity contribution in [1.82, 2.24) is 20.3 Å². The Hall–Kier alpha value is -3.20. The first kappa shape index (κ1) is 19.1. The van der Waals surface area contributed by atoms with Crippen LogP contribution in [0.5, 0.6) is 0 Å². The molecule has 3 N–H and O–H groups in total. The van der Waals surface area contributed by atoms with Gasteiger partial charge in [0.15, 0.2) is 5.82 Å². The van der Waals surface area contributed by atoms with Gasteiger partial charge in [-0.25, -0.2) is 28.5 Å². The van der Waals surface area contributed by atoms with Gasteiger partial charge >= 0.3 is 5.97 Å². The summed E-state index contributed by atoms with van der Waals surface area (Å²) >= 11 is 0. The van der Waals surface area contributed by atoms with Crippen molar-refractivity contribution in [3.63, 3.8) is 0 Å². The molecule has 1 aromatic carbocycles. The van der Waals surface area contributed by atoms with Gasteiger partial charge in [-0.1, -0.05) is 0 Å². The van der Waals surface area contributed by atoms with Crippen LogP contribution in [-0.4, -0.2) is 45.2 Å². The number of hydrogen-bond acceptors (Lipinski definition) is 6. The highest BCUT2D eigenvalue weighted by atomic mass is 19.1. The van der Waals surface area contributed by atoms with E-state index in [0.717, 1.165) is 38.2 Å². The number of rotatable bonds is 4. The number of pyridine rings is 1. The average Bonchev–Trinajstić information content (AvgIpc) is 2.70. The second-order valence-corrected chi connectivity index (χ2v) is 7.03. The Kier molecular flexibility index (Phi) is 5.06. The first-order valence-electron chi connectivity index (χ1n) is 9.26. The highest BCUT2D eigenvalue weighted by Crippen LogP contribution is 2.29. The van der Waals surface area contributed by atoms with Crippen LogP contribution in [-0.2, 0) is 0 Å². The fraction of sp³-hybridized carbons (Fsp3) is 0.300. The van der Waals surface area contributed by atoms with Gasteiger partial charge < -0.3 is 15.7 Å². The topological polar surface area (TPSA) is 100 Å². The van der Waals surface area contributed by atoms with Crippen LogP contribution < -0.4 is 10.6 Å². The monoisotopic (exact) mass is 399 g/mol. The number of benzene rings is 1. The average molecular weight is 399 g/mol. The zero-order valence-electron chi connectivity index (χ0n) is 15.7. The number of piperidine rings is 1. The van der Waals surface area contributed by atoms with E-state index in [0.29, 0.717) is 5.69 Å². The molecule has 7 nitrogen and oxygen atoms in total. The molecule has 0 bridgehead atoms. The van der Waals surface area contributed by atoms with Crippen LogP contribution >= 0.6 is 0 Å². The van der Waals surface area contributed by atoms with E-state index < -0.39 is 17.6 Å². The minimum absolute atomic E-state index is 0.0753. The van der Waals surface area contributed by atoms with Crippen molar-refractivity contribution in [2.24, 2.45) is 0 Å². The molecule has 1 saturated heterocycles. The number of aromatic nitrogens is 3. The molecule has 0 amide bonds. The van der Waals surface area contributed by atoms with E-state index in [4.69, 9.17) is 0 Å². The van der Waals surface area contributed by atoms with Crippen molar-refractivity contribution in [2.75, 3.05) is 18.4 Å². The predicted molar refractivity (Wildman–Crippen MR) is 104 cm³/mol. The summed E-state index contributed by atoms with van der Waals surface area (Å²) in [5.41, 5.74) is 0.221. The Morgan fingerprint density at radius 3 is 2.66 bits per heavy atom. The van der Waals surface area contributed by atoms with Gasteiger partial charge in [0.1, 0.15) is 17.0 Å². The lowest BCUT2D eigenvalue weighted by Gasteiger charge is -2.23. The smallest absolute Gasteiger partial charge is 0.336 e. The molecule has 9 heteroatoms. The highest BCUT2D eigenvalue weighted by Gasteiger charge is 2.19. The van der Waals surface area contributed by atoms with Crippen LogP contribution in [0.2, 0.25) is 0 Å². The van der Waals surface area contributed by atoms with Crippen molar-refractivity contribution in [1.29, 1.82) is 0 Å². The van der Waals surface area contributed by atoms with Crippen LogP contribution in [0.3, 0.4) is 0 Å². The molecule has 1 aliphatic heterocycles. The normalized spacial score (nSPS) is 14.9. The Bertz CT molecular complexity index is 1100. The zero-order valence-corrected chi connectivity index (χ0v) is 15.7. The molecule has 0 atom stereocenters. The van der Waals surface area contributed by atoms with Crippen LogP contribution in [0.15, 0.2) is 24.4 Å². The molecule has 1 fully saturated rings. The Labute approximate surface area is 165 Å². The highest BCUT2D eigenvalue weighted by molar-refractivity contribution is 6.03. The van der Waals surface area contributed by atoms with Crippen LogP contribution in [0.4, 0.5) is 14.7 Å². The fourth-order valence-electron chi connectivity index (χ4n) is 3.51. The summed E-state index contributed by atoms with van der Waals surface area (Å²) in [6.07, 6.45) is 2.79. The summed E-state index contributed by atoms with van der Waals surface area (Å²) in [6, 6.07) is 4.02. The van der Waals surface area contributed by atoms with Gasteiger partial charge in [-0.15, -0.1) is 0 Å². The number of aryl methyl sites for hydroxylation is 1. The number of carboxylic acids is 1. The van der Waals surface area contributed by atoms with E-state index in [9.17, 15) is 18.7 Å². The molecular formula is C20H19F2N5O2. The lowest BCUT2D eigenvalue weighted by Crippen LogP contribution is -2.35. The van der Waals surface area contributed by atoms with Gasteiger partial charge in [-0.3, -0.25) is 0 Å².